The molecule has 0 spiro atoms. The molecular weight excluding hydrogens is 498 g/mol. The van der Waals surface area contributed by atoms with Crippen LogP contribution in [0.3, 0.4) is 0 Å². The van der Waals surface area contributed by atoms with Gasteiger partial charge in [-0.1, -0.05) is 0 Å². The van der Waals surface area contributed by atoms with Gasteiger partial charge in [-0.15, -0.1) is 0 Å². The van der Waals surface area contributed by atoms with Gasteiger partial charge in [0.2, 0.25) is 5.91 Å². The van der Waals surface area contributed by atoms with E-state index < -0.39 is 37.1 Å². The van der Waals surface area contributed by atoms with Crippen molar-refractivity contribution in [3.63, 3.8) is 0 Å². The minimum absolute atomic E-state index is 0.00269. The second kappa shape index (κ2) is 9.25. The lowest BCUT2D eigenvalue weighted by Gasteiger charge is -2.38. The third kappa shape index (κ3) is 4.56. The molecule has 0 aliphatic carbocycles. The molecule has 0 bridgehead atoms. The minimum Gasteiger partial charge on any atom is -0.383 e. The van der Waals surface area contributed by atoms with E-state index in [0.29, 0.717) is 16.8 Å². The minimum atomic E-state index is -4.59. The summed E-state index contributed by atoms with van der Waals surface area (Å²) in [5, 5.41) is 4.61. The van der Waals surface area contributed by atoms with Gasteiger partial charge in [-0.2, -0.15) is 18.3 Å². The first-order valence-electron chi connectivity index (χ1n) is 11.5. The van der Waals surface area contributed by atoms with Crippen LogP contribution in [0.4, 0.5) is 23.4 Å². The Kier molecular flexibility index (Phi) is 6.22. The third-order valence-corrected chi connectivity index (χ3v) is 6.74. The Balaban J connectivity index is 1.35. The van der Waals surface area contributed by atoms with E-state index in [1.165, 1.54) is 17.1 Å². The number of carbonyl (C=O) groups excluding carboxylic acids is 2. The molecule has 196 valence electrons. The number of hydrogen-bond donors (Lipinski definition) is 1. The number of carbonyl (C=O) groups is 2. The Bertz CT molecular complexity index is 1370. The van der Waals surface area contributed by atoms with Gasteiger partial charge in [-0.25, -0.2) is 9.37 Å². The average molecular weight is 521 g/mol. The number of fused-ring (bicyclic) bond motifs is 1. The summed E-state index contributed by atoms with van der Waals surface area (Å²) in [4.78, 5) is 36.2. The highest BCUT2D eigenvalue weighted by atomic mass is 19.4. The molecule has 2 N–H and O–H groups in total. The summed E-state index contributed by atoms with van der Waals surface area (Å²) in [7, 11) is 0. The van der Waals surface area contributed by atoms with Crippen molar-refractivity contribution >= 4 is 28.5 Å². The molecule has 2 amide bonds. The molecule has 2 saturated heterocycles. The van der Waals surface area contributed by atoms with Crippen LogP contribution >= 0.6 is 0 Å². The zero-order chi connectivity index (χ0) is 26.5. The van der Waals surface area contributed by atoms with Gasteiger partial charge >= 0.3 is 6.18 Å². The number of nitrogens with two attached hydrogens (primary N) is 1. The van der Waals surface area contributed by atoms with Crippen LogP contribution in [0.25, 0.3) is 10.9 Å². The first kappa shape index (κ1) is 24.9. The smallest absolute Gasteiger partial charge is 0.383 e. The normalized spacial score (nSPS) is 18.8. The van der Waals surface area contributed by atoms with E-state index in [4.69, 9.17) is 10.5 Å². The van der Waals surface area contributed by atoms with Gasteiger partial charge in [-0.3, -0.25) is 19.3 Å². The summed E-state index contributed by atoms with van der Waals surface area (Å²) >= 11 is 0. The van der Waals surface area contributed by atoms with Crippen LogP contribution in [0.15, 0.2) is 24.7 Å². The molecule has 0 aromatic carbocycles. The summed E-state index contributed by atoms with van der Waals surface area (Å²) in [6, 6.07) is 1.58. The molecule has 5 rings (SSSR count). The van der Waals surface area contributed by atoms with Gasteiger partial charge in [0.05, 0.1) is 42.1 Å². The summed E-state index contributed by atoms with van der Waals surface area (Å²) in [6.07, 6.45) is -2.82. The van der Waals surface area contributed by atoms with Crippen LogP contribution in [0.2, 0.25) is 0 Å². The molecule has 14 heteroatoms. The summed E-state index contributed by atoms with van der Waals surface area (Å²) < 4.78 is 60.0. The number of likely N-dealkylation sites (tertiary alicyclic amines) is 1. The van der Waals surface area contributed by atoms with E-state index in [9.17, 15) is 27.2 Å². The first-order chi connectivity index (χ1) is 17.5. The van der Waals surface area contributed by atoms with E-state index in [0.717, 1.165) is 11.1 Å². The van der Waals surface area contributed by atoms with Gasteiger partial charge in [-0.05, 0) is 13.0 Å². The number of rotatable bonds is 4. The molecule has 0 radical (unpaired) electrons. The lowest BCUT2D eigenvalue weighted by atomic mass is 9.93. The summed E-state index contributed by atoms with van der Waals surface area (Å²) in [5.74, 6) is -1.53. The molecule has 1 atom stereocenters. The van der Waals surface area contributed by atoms with E-state index in [1.807, 2.05) is 0 Å². The Morgan fingerprint density at radius 1 is 1.19 bits per heavy atom. The fourth-order valence-electron chi connectivity index (χ4n) is 4.59. The highest BCUT2D eigenvalue weighted by Gasteiger charge is 2.44. The van der Waals surface area contributed by atoms with Crippen LogP contribution in [-0.2, 0) is 16.1 Å². The molecule has 5 heterocycles. The number of nitrogen functional groups attached to an aromatic ring is 1. The molecule has 3 aromatic heterocycles. The molecule has 2 aliphatic rings. The largest absolute Gasteiger partial charge is 0.416 e. The van der Waals surface area contributed by atoms with Crippen molar-refractivity contribution < 1.29 is 31.9 Å². The third-order valence-electron chi connectivity index (χ3n) is 6.74. The van der Waals surface area contributed by atoms with Crippen molar-refractivity contribution in [3.05, 3.63) is 47.3 Å². The fraction of sp³-hybridized carbons (Fsp3) is 0.435. The van der Waals surface area contributed by atoms with Crippen molar-refractivity contribution in [1.82, 2.24) is 29.5 Å². The van der Waals surface area contributed by atoms with Gasteiger partial charge in [0.1, 0.15) is 12.4 Å². The monoisotopic (exact) mass is 521 g/mol. The topological polar surface area (TPSA) is 119 Å². The maximum atomic E-state index is 14.8. The average Bonchev–Trinajstić information content (AvgIpc) is 3.18. The van der Waals surface area contributed by atoms with Gasteiger partial charge in [0.15, 0.2) is 11.9 Å². The Hall–Kier alpha value is -3.81. The molecule has 37 heavy (non-hydrogen) atoms. The zero-order valence-electron chi connectivity index (χ0n) is 19.7. The predicted octanol–water partition coefficient (Wildman–Crippen LogP) is 1.89. The van der Waals surface area contributed by atoms with Crippen LogP contribution < -0.4 is 5.73 Å². The number of morpholine rings is 1. The molecular formula is C23H23F4N7O3. The number of hydrogen-bond acceptors (Lipinski definition) is 7. The number of anilines is 1. The predicted molar refractivity (Wildman–Crippen MR) is 122 cm³/mol. The van der Waals surface area contributed by atoms with Crippen molar-refractivity contribution in [1.29, 1.82) is 0 Å². The summed E-state index contributed by atoms with van der Waals surface area (Å²) in [6.45, 7) is 0.968. The highest BCUT2D eigenvalue weighted by molar-refractivity contribution is 5.97. The number of amides is 2. The number of aromatic nitrogens is 4. The van der Waals surface area contributed by atoms with Crippen molar-refractivity contribution in [2.75, 3.05) is 38.5 Å². The van der Waals surface area contributed by atoms with Crippen molar-refractivity contribution in [2.45, 2.75) is 31.7 Å². The van der Waals surface area contributed by atoms with Crippen LogP contribution in [-0.4, -0.2) is 86.4 Å². The number of ether oxygens (including phenoxy) is 1. The Labute approximate surface area is 208 Å². The Morgan fingerprint density at radius 3 is 2.68 bits per heavy atom. The number of halogens is 4. The van der Waals surface area contributed by atoms with Crippen molar-refractivity contribution in [3.8, 4) is 0 Å². The van der Waals surface area contributed by atoms with Gasteiger partial charge in [0, 0.05) is 42.9 Å². The first-order valence-corrected chi connectivity index (χ1v) is 11.5. The molecule has 3 aromatic rings. The SMILES string of the molecule is Cc1c(C(=O)N2CC(c3nn(CC(=O)N4CCO[C@@H](C(F)(F)F)C4)c4cncc(F)c34)C2)ccnc1N. The molecule has 2 fully saturated rings. The van der Waals surface area contributed by atoms with Crippen LogP contribution in [0, 0.1) is 12.7 Å². The summed E-state index contributed by atoms with van der Waals surface area (Å²) in [5.41, 5.74) is 7.39. The lowest BCUT2D eigenvalue weighted by Crippen LogP contribution is -2.51. The second-order valence-corrected chi connectivity index (χ2v) is 9.07. The standard InChI is InChI=1S/C23H23F4N7O3/c1-12-14(2-3-30-21(12)28)22(36)33-8-13(9-33)20-19-15(24)6-29-7-16(19)34(31-20)11-18(35)32-4-5-37-17(10-32)23(25,26)27/h2-3,6-7,13,17H,4-5,8-11H2,1H3,(H2,28,30)/t17-/m1/s1. The van der Waals surface area contributed by atoms with E-state index in [-0.39, 0.29) is 54.8 Å². The van der Waals surface area contributed by atoms with Crippen LogP contribution in [0.5, 0.6) is 0 Å². The molecule has 0 unspecified atom stereocenters. The highest BCUT2D eigenvalue weighted by Crippen LogP contribution is 2.34. The van der Waals surface area contributed by atoms with Crippen LogP contribution in [0.1, 0.15) is 27.5 Å². The van der Waals surface area contributed by atoms with Gasteiger partial charge < -0.3 is 20.3 Å². The maximum absolute atomic E-state index is 14.8. The van der Waals surface area contributed by atoms with Crippen molar-refractivity contribution in [2.24, 2.45) is 0 Å². The van der Waals surface area contributed by atoms with E-state index >= 15 is 0 Å². The van der Waals surface area contributed by atoms with E-state index in [1.54, 1.807) is 17.9 Å². The Morgan fingerprint density at radius 2 is 1.95 bits per heavy atom. The molecule has 0 saturated carbocycles. The van der Waals surface area contributed by atoms with E-state index in [2.05, 4.69) is 15.1 Å². The molecule has 2 aliphatic heterocycles. The second-order valence-electron chi connectivity index (χ2n) is 9.07. The lowest BCUT2D eigenvalue weighted by molar-refractivity contribution is -0.236. The number of nitrogens with zero attached hydrogens (tertiary/aromatic N) is 6. The zero-order valence-corrected chi connectivity index (χ0v) is 19.7. The fourth-order valence-corrected chi connectivity index (χ4v) is 4.59. The number of pyridine rings is 2. The quantitative estimate of drug-likeness (QED) is 0.521. The number of alkyl halides is 3. The maximum Gasteiger partial charge on any atom is 0.416 e. The van der Waals surface area contributed by atoms with Gasteiger partial charge in [0.25, 0.3) is 5.91 Å². The molecule has 10 nitrogen and oxygen atoms in total.